The topological polar surface area (TPSA) is 29.3 Å². The molecule has 0 bridgehead atoms. The molecular formula is C18H24N2. The van der Waals surface area contributed by atoms with Gasteiger partial charge in [-0.15, -0.1) is 0 Å². The molecule has 0 fully saturated rings. The Hall–Kier alpha value is -1.80. The summed E-state index contributed by atoms with van der Waals surface area (Å²) in [7, 11) is 0. The molecule has 0 aliphatic heterocycles. The lowest BCUT2D eigenvalue weighted by atomic mass is 10.1. The van der Waals surface area contributed by atoms with Crippen LogP contribution in [0.15, 0.2) is 54.6 Å². The van der Waals surface area contributed by atoms with Crippen molar-refractivity contribution in [3.8, 4) is 0 Å². The Morgan fingerprint density at radius 3 is 2.00 bits per heavy atom. The smallest absolute Gasteiger partial charge is 0.0432 e. The lowest BCUT2D eigenvalue weighted by Gasteiger charge is -2.29. The lowest BCUT2D eigenvalue weighted by Crippen LogP contribution is -2.30. The number of nitrogens with two attached hydrogens (primary N) is 1. The fraction of sp³-hybridized carbons (Fsp3) is 0.333. The van der Waals surface area contributed by atoms with Crippen LogP contribution in [0.5, 0.6) is 0 Å². The number of rotatable bonds is 5. The molecule has 0 spiro atoms. The summed E-state index contributed by atoms with van der Waals surface area (Å²) in [6.45, 7) is 7.39. The van der Waals surface area contributed by atoms with Crippen LogP contribution in [0.1, 0.15) is 37.9 Å². The van der Waals surface area contributed by atoms with Gasteiger partial charge in [0.05, 0.1) is 0 Å². The van der Waals surface area contributed by atoms with Crippen LogP contribution < -0.4 is 10.6 Å². The predicted molar refractivity (Wildman–Crippen MR) is 86.8 cm³/mol. The van der Waals surface area contributed by atoms with Crippen LogP contribution in [0.4, 0.5) is 5.69 Å². The first-order valence-corrected chi connectivity index (χ1v) is 7.24. The van der Waals surface area contributed by atoms with Crippen LogP contribution in [0.25, 0.3) is 0 Å². The second-order valence-electron chi connectivity index (χ2n) is 5.59. The highest BCUT2D eigenvalue weighted by Crippen LogP contribution is 2.22. The number of benzene rings is 2. The minimum absolute atomic E-state index is 0.0886. The van der Waals surface area contributed by atoms with E-state index in [1.165, 1.54) is 16.8 Å². The molecular weight excluding hydrogens is 244 g/mol. The molecule has 2 rings (SSSR count). The van der Waals surface area contributed by atoms with Gasteiger partial charge in [0.25, 0.3) is 0 Å². The van der Waals surface area contributed by atoms with Crippen molar-refractivity contribution in [3.63, 3.8) is 0 Å². The van der Waals surface area contributed by atoms with Crippen molar-refractivity contribution in [1.29, 1.82) is 0 Å². The van der Waals surface area contributed by atoms with E-state index in [1.54, 1.807) is 0 Å². The van der Waals surface area contributed by atoms with Crippen LogP contribution in [-0.4, -0.2) is 6.04 Å². The molecule has 1 atom stereocenters. The molecule has 2 N–H and O–H groups in total. The molecule has 2 aromatic rings. The Kier molecular flexibility index (Phi) is 4.80. The third-order valence-corrected chi connectivity index (χ3v) is 3.57. The number of hydrogen-bond donors (Lipinski definition) is 1. The lowest BCUT2D eigenvalue weighted by molar-refractivity contribution is 0.682. The van der Waals surface area contributed by atoms with E-state index in [0.29, 0.717) is 6.04 Å². The largest absolute Gasteiger partial charge is 0.365 e. The third kappa shape index (κ3) is 3.61. The average Bonchev–Trinajstić information content (AvgIpc) is 2.45. The van der Waals surface area contributed by atoms with Gasteiger partial charge in [0, 0.05) is 24.3 Å². The van der Waals surface area contributed by atoms with Gasteiger partial charge in [0.1, 0.15) is 0 Å². The summed E-state index contributed by atoms with van der Waals surface area (Å²) in [5.41, 5.74) is 9.66. The second kappa shape index (κ2) is 6.58. The maximum absolute atomic E-state index is 5.91. The van der Waals surface area contributed by atoms with Crippen molar-refractivity contribution in [1.82, 2.24) is 0 Å². The highest BCUT2D eigenvalue weighted by atomic mass is 15.1. The molecule has 0 aliphatic rings. The van der Waals surface area contributed by atoms with Gasteiger partial charge >= 0.3 is 0 Å². The van der Waals surface area contributed by atoms with E-state index in [-0.39, 0.29) is 6.04 Å². The number of nitrogens with zero attached hydrogens (tertiary/aromatic N) is 1. The standard InChI is InChI=1S/C18H24N2/c1-14(2)20(13-16-7-5-4-6-8-16)18-11-9-17(10-12-18)15(3)19/h4-12,14-15H,13,19H2,1-3H3/t15-/m1/s1. The van der Waals surface area contributed by atoms with Crippen molar-refractivity contribution in [3.05, 3.63) is 65.7 Å². The Morgan fingerprint density at radius 2 is 1.50 bits per heavy atom. The zero-order chi connectivity index (χ0) is 14.5. The normalized spacial score (nSPS) is 12.4. The van der Waals surface area contributed by atoms with Crippen molar-refractivity contribution < 1.29 is 0 Å². The van der Waals surface area contributed by atoms with E-state index >= 15 is 0 Å². The highest BCUT2D eigenvalue weighted by molar-refractivity contribution is 5.49. The molecule has 0 aliphatic carbocycles. The van der Waals surface area contributed by atoms with Crippen molar-refractivity contribution in [2.75, 3.05) is 4.90 Å². The van der Waals surface area contributed by atoms with Gasteiger partial charge in [-0.05, 0) is 44.0 Å². The maximum atomic E-state index is 5.91. The molecule has 2 nitrogen and oxygen atoms in total. The van der Waals surface area contributed by atoms with E-state index in [4.69, 9.17) is 5.73 Å². The molecule has 0 saturated heterocycles. The van der Waals surface area contributed by atoms with Crippen molar-refractivity contribution in [2.24, 2.45) is 5.73 Å². The monoisotopic (exact) mass is 268 g/mol. The summed E-state index contributed by atoms with van der Waals surface area (Å²) in [5.74, 6) is 0. The highest BCUT2D eigenvalue weighted by Gasteiger charge is 2.11. The molecule has 0 unspecified atom stereocenters. The molecule has 2 aromatic carbocycles. The molecule has 0 amide bonds. The molecule has 0 radical (unpaired) electrons. The molecule has 20 heavy (non-hydrogen) atoms. The first-order chi connectivity index (χ1) is 9.58. The summed E-state index contributed by atoms with van der Waals surface area (Å²) in [4.78, 5) is 2.40. The second-order valence-corrected chi connectivity index (χ2v) is 5.59. The van der Waals surface area contributed by atoms with Crippen LogP contribution in [0, 0.1) is 0 Å². The van der Waals surface area contributed by atoms with Gasteiger partial charge < -0.3 is 10.6 Å². The van der Waals surface area contributed by atoms with Crippen molar-refractivity contribution in [2.45, 2.75) is 39.4 Å². The van der Waals surface area contributed by atoms with Crippen LogP contribution in [0.2, 0.25) is 0 Å². The molecule has 0 saturated carbocycles. The van der Waals surface area contributed by atoms with E-state index in [0.717, 1.165) is 6.54 Å². The average molecular weight is 268 g/mol. The zero-order valence-electron chi connectivity index (χ0n) is 12.6. The SMILES string of the molecule is CC(C)N(Cc1ccccc1)c1ccc([C@@H](C)N)cc1. The third-order valence-electron chi connectivity index (χ3n) is 3.57. The first kappa shape index (κ1) is 14.6. The fourth-order valence-corrected chi connectivity index (χ4v) is 2.32. The molecule has 2 heteroatoms. The van der Waals surface area contributed by atoms with E-state index in [9.17, 15) is 0 Å². The van der Waals surface area contributed by atoms with E-state index in [1.807, 2.05) is 6.92 Å². The Balaban J connectivity index is 2.20. The summed E-state index contributed by atoms with van der Waals surface area (Å²) in [6.07, 6.45) is 0. The van der Waals surface area contributed by atoms with Gasteiger partial charge in [-0.2, -0.15) is 0 Å². The van der Waals surface area contributed by atoms with Crippen molar-refractivity contribution >= 4 is 5.69 Å². The summed E-state index contributed by atoms with van der Waals surface area (Å²) in [5, 5.41) is 0. The number of hydrogen-bond acceptors (Lipinski definition) is 2. The molecule has 0 heterocycles. The minimum atomic E-state index is 0.0886. The Bertz CT molecular complexity index is 515. The van der Waals surface area contributed by atoms with E-state index < -0.39 is 0 Å². The molecule has 106 valence electrons. The first-order valence-electron chi connectivity index (χ1n) is 7.24. The van der Waals surface area contributed by atoms with Gasteiger partial charge in [0.15, 0.2) is 0 Å². The summed E-state index contributed by atoms with van der Waals surface area (Å²) >= 11 is 0. The van der Waals surface area contributed by atoms with Gasteiger partial charge in [-0.3, -0.25) is 0 Å². The van der Waals surface area contributed by atoms with Crippen LogP contribution >= 0.6 is 0 Å². The fourth-order valence-electron chi connectivity index (χ4n) is 2.32. The molecule has 0 aromatic heterocycles. The minimum Gasteiger partial charge on any atom is -0.365 e. The maximum Gasteiger partial charge on any atom is 0.0432 e. The summed E-state index contributed by atoms with van der Waals surface area (Å²) < 4.78 is 0. The zero-order valence-corrected chi connectivity index (χ0v) is 12.6. The van der Waals surface area contributed by atoms with Crippen LogP contribution in [-0.2, 0) is 6.54 Å². The predicted octanol–water partition coefficient (Wildman–Crippen LogP) is 4.12. The Morgan fingerprint density at radius 1 is 0.900 bits per heavy atom. The quantitative estimate of drug-likeness (QED) is 0.883. The number of anilines is 1. The Labute approximate surface area is 122 Å². The van der Waals surface area contributed by atoms with Gasteiger partial charge in [0.2, 0.25) is 0 Å². The van der Waals surface area contributed by atoms with E-state index in [2.05, 4.69) is 73.3 Å². The summed E-state index contributed by atoms with van der Waals surface area (Å²) in [6, 6.07) is 19.7. The van der Waals surface area contributed by atoms with Gasteiger partial charge in [-0.1, -0.05) is 42.5 Å². The van der Waals surface area contributed by atoms with Gasteiger partial charge in [-0.25, -0.2) is 0 Å². The van der Waals surface area contributed by atoms with Crippen LogP contribution in [0.3, 0.4) is 0 Å².